The zero-order valence-electron chi connectivity index (χ0n) is 14.3. The van der Waals surface area contributed by atoms with Crippen molar-refractivity contribution in [2.24, 2.45) is 0 Å². The molecule has 1 N–H and O–H groups in total. The molecule has 130 valence electrons. The van der Waals surface area contributed by atoms with E-state index in [1.807, 2.05) is 25.1 Å². The molecule has 1 amide bonds. The summed E-state index contributed by atoms with van der Waals surface area (Å²) in [5.41, 5.74) is 3.37. The van der Waals surface area contributed by atoms with Crippen LogP contribution in [0, 0.1) is 6.92 Å². The number of nitrogens with zero attached hydrogens (tertiary/aromatic N) is 1. The van der Waals surface area contributed by atoms with Crippen LogP contribution >= 0.6 is 0 Å². The molecule has 0 aliphatic carbocycles. The number of nitrogens with one attached hydrogen (secondary N) is 1. The van der Waals surface area contributed by atoms with E-state index >= 15 is 0 Å². The van der Waals surface area contributed by atoms with Crippen molar-refractivity contribution >= 4 is 17.9 Å². The number of amides is 1. The van der Waals surface area contributed by atoms with Crippen molar-refractivity contribution in [3.8, 4) is 5.75 Å². The first-order valence-electron chi connectivity index (χ1n) is 8.15. The molecule has 5 heteroatoms. The number of hydrogen-bond donors (Lipinski definition) is 1. The quantitative estimate of drug-likeness (QED) is 0.684. The van der Waals surface area contributed by atoms with Crippen LogP contribution in [0.1, 0.15) is 32.0 Å². The number of aromatic nitrogens is 1. The standard InChI is InChI=1S/C21H18N2O3/c1-15-5-6-16(13-24)12-20(15)23-21(25)17-7-9-19(10-8-17)26-14-18-4-2-3-11-22-18/h2-13H,14H2,1H3,(H,23,25). The first-order valence-corrected chi connectivity index (χ1v) is 8.15. The molecular formula is C21H18N2O3. The molecule has 26 heavy (non-hydrogen) atoms. The SMILES string of the molecule is Cc1ccc(C=O)cc1NC(=O)c1ccc(OCc2ccccn2)cc1. The van der Waals surface area contributed by atoms with Gasteiger partial charge in [-0.3, -0.25) is 14.6 Å². The van der Waals surface area contributed by atoms with Gasteiger partial charge in [-0.2, -0.15) is 0 Å². The van der Waals surface area contributed by atoms with Gasteiger partial charge in [0.2, 0.25) is 0 Å². The normalized spacial score (nSPS) is 10.2. The van der Waals surface area contributed by atoms with Crippen molar-refractivity contribution in [1.29, 1.82) is 0 Å². The predicted octanol–water partition coefficient (Wildman–Crippen LogP) is 4.03. The number of ether oxygens (including phenoxy) is 1. The van der Waals surface area contributed by atoms with Gasteiger partial charge in [-0.15, -0.1) is 0 Å². The van der Waals surface area contributed by atoms with E-state index in [1.54, 1.807) is 48.7 Å². The molecule has 0 saturated carbocycles. The fraction of sp³-hybridized carbons (Fsp3) is 0.0952. The Kier molecular flexibility index (Phi) is 5.39. The molecule has 2 aromatic carbocycles. The summed E-state index contributed by atoms with van der Waals surface area (Å²) >= 11 is 0. The molecule has 0 radical (unpaired) electrons. The van der Waals surface area contributed by atoms with Crippen LogP contribution in [0.15, 0.2) is 66.9 Å². The van der Waals surface area contributed by atoms with Gasteiger partial charge in [0, 0.05) is 23.0 Å². The lowest BCUT2D eigenvalue weighted by molar-refractivity contribution is 0.102. The van der Waals surface area contributed by atoms with E-state index in [1.165, 1.54) is 0 Å². The highest BCUT2D eigenvalue weighted by atomic mass is 16.5. The Balaban J connectivity index is 1.64. The number of hydrogen-bond acceptors (Lipinski definition) is 4. The number of aldehydes is 1. The highest BCUT2D eigenvalue weighted by Crippen LogP contribution is 2.19. The number of pyridine rings is 1. The number of aryl methyl sites for hydroxylation is 1. The Morgan fingerprint density at radius 1 is 1.12 bits per heavy atom. The molecule has 3 rings (SSSR count). The highest BCUT2D eigenvalue weighted by Gasteiger charge is 2.09. The molecule has 0 fully saturated rings. The van der Waals surface area contributed by atoms with Crippen LogP contribution < -0.4 is 10.1 Å². The van der Waals surface area contributed by atoms with Gasteiger partial charge in [-0.25, -0.2) is 0 Å². The lowest BCUT2D eigenvalue weighted by Gasteiger charge is -2.10. The van der Waals surface area contributed by atoms with Crippen LogP contribution in [0.4, 0.5) is 5.69 Å². The van der Waals surface area contributed by atoms with Gasteiger partial charge >= 0.3 is 0 Å². The zero-order valence-corrected chi connectivity index (χ0v) is 14.3. The summed E-state index contributed by atoms with van der Waals surface area (Å²) in [5.74, 6) is 0.416. The van der Waals surface area contributed by atoms with Gasteiger partial charge in [0.05, 0.1) is 5.69 Å². The smallest absolute Gasteiger partial charge is 0.255 e. The predicted molar refractivity (Wildman–Crippen MR) is 99.5 cm³/mol. The molecule has 3 aromatic rings. The number of anilines is 1. The van der Waals surface area contributed by atoms with E-state index in [4.69, 9.17) is 4.74 Å². The van der Waals surface area contributed by atoms with Crippen LogP contribution in [-0.4, -0.2) is 17.2 Å². The topological polar surface area (TPSA) is 68.3 Å². The minimum atomic E-state index is -0.243. The summed E-state index contributed by atoms with van der Waals surface area (Å²) in [4.78, 5) is 27.5. The molecule has 1 heterocycles. The summed E-state index contributed by atoms with van der Waals surface area (Å²) in [5, 5.41) is 2.83. The number of carbonyl (C=O) groups is 2. The number of rotatable bonds is 6. The monoisotopic (exact) mass is 346 g/mol. The molecule has 0 aliphatic rings. The Labute approximate surface area is 151 Å². The molecule has 0 saturated heterocycles. The van der Waals surface area contributed by atoms with Crippen molar-refractivity contribution in [3.05, 3.63) is 89.2 Å². The number of benzene rings is 2. The minimum absolute atomic E-state index is 0.243. The van der Waals surface area contributed by atoms with Crippen molar-refractivity contribution < 1.29 is 14.3 Å². The van der Waals surface area contributed by atoms with Crippen molar-refractivity contribution in [3.63, 3.8) is 0 Å². The second-order valence-electron chi connectivity index (χ2n) is 5.78. The third kappa shape index (κ3) is 4.33. The van der Waals surface area contributed by atoms with Gasteiger partial charge < -0.3 is 10.1 Å². The van der Waals surface area contributed by atoms with E-state index in [0.717, 1.165) is 17.5 Å². The van der Waals surface area contributed by atoms with E-state index in [2.05, 4.69) is 10.3 Å². The number of carbonyl (C=O) groups excluding carboxylic acids is 2. The average Bonchev–Trinajstić information content (AvgIpc) is 2.69. The largest absolute Gasteiger partial charge is 0.487 e. The summed E-state index contributed by atoms with van der Waals surface area (Å²) in [7, 11) is 0. The second kappa shape index (κ2) is 8.07. The Bertz CT molecular complexity index is 906. The molecule has 0 aliphatic heterocycles. The third-order valence-corrected chi connectivity index (χ3v) is 3.88. The zero-order chi connectivity index (χ0) is 18.4. The molecule has 1 aromatic heterocycles. The molecule has 0 spiro atoms. The molecule has 0 unspecified atom stereocenters. The third-order valence-electron chi connectivity index (χ3n) is 3.88. The second-order valence-corrected chi connectivity index (χ2v) is 5.78. The first-order chi connectivity index (χ1) is 12.7. The summed E-state index contributed by atoms with van der Waals surface area (Å²) in [6, 6.07) is 17.7. The Morgan fingerprint density at radius 3 is 2.62 bits per heavy atom. The van der Waals surface area contributed by atoms with E-state index < -0.39 is 0 Å². The maximum atomic E-state index is 12.4. The maximum absolute atomic E-state index is 12.4. The van der Waals surface area contributed by atoms with E-state index in [0.29, 0.717) is 29.2 Å². The lowest BCUT2D eigenvalue weighted by Crippen LogP contribution is -2.13. The van der Waals surface area contributed by atoms with Crippen LogP contribution in [0.25, 0.3) is 0 Å². The van der Waals surface area contributed by atoms with Crippen LogP contribution in [0.3, 0.4) is 0 Å². The average molecular weight is 346 g/mol. The Morgan fingerprint density at radius 2 is 1.92 bits per heavy atom. The van der Waals surface area contributed by atoms with Gasteiger partial charge in [0.15, 0.2) is 0 Å². The van der Waals surface area contributed by atoms with Gasteiger partial charge in [0.1, 0.15) is 18.6 Å². The summed E-state index contributed by atoms with van der Waals surface area (Å²) in [6.45, 7) is 2.24. The maximum Gasteiger partial charge on any atom is 0.255 e. The van der Waals surface area contributed by atoms with Crippen LogP contribution in [0.2, 0.25) is 0 Å². The molecule has 0 atom stereocenters. The van der Waals surface area contributed by atoms with E-state index in [-0.39, 0.29) is 5.91 Å². The highest BCUT2D eigenvalue weighted by molar-refractivity contribution is 6.05. The Hall–Kier alpha value is -3.47. The van der Waals surface area contributed by atoms with Crippen LogP contribution in [-0.2, 0) is 6.61 Å². The fourth-order valence-electron chi connectivity index (χ4n) is 2.39. The summed E-state index contributed by atoms with van der Waals surface area (Å²) < 4.78 is 5.66. The van der Waals surface area contributed by atoms with Gasteiger partial charge in [0.25, 0.3) is 5.91 Å². The molecule has 5 nitrogen and oxygen atoms in total. The molecule has 0 bridgehead atoms. The summed E-state index contributed by atoms with van der Waals surface area (Å²) in [6.07, 6.45) is 2.47. The minimum Gasteiger partial charge on any atom is -0.487 e. The lowest BCUT2D eigenvalue weighted by atomic mass is 10.1. The van der Waals surface area contributed by atoms with Crippen molar-refractivity contribution in [2.45, 2.75) is 13.5 Å². The fourth-order valence-corrected chi connectivity index (χ4v) is 2.39. The van der Waals surface area contributed by atoms with Gasteiger partial charge in [-0.1, -0.05) is 18.2 Å². The molecular weight excluding hydrogens is 328 g/mol. The van der Waals surface area contributed by atoms with Crippen molar-refractivity contribution in [1.82, 2.24) is 4.98 Å². The van der Waals surface area contributed by atoms with Crippen molar-refractivity contribution in [2.75, 3.05) is 5.32 Å². The first kappa shape index (κ1) is 17.4. The van der Waals surface area contributed by atoms with E-state index in [9.17, 15) is 9.59 Å². The van der Waals surface area contributed by atoms with Crippen LogP contribution in [0.5, 0.6) is 5.75 Å². The van der Waals surface area contributed by atoms with Gasteiger partial charge in [-0.05, 0) is 55.0 Å².